The molecule has 0 saturated carbocycles. The number of tetrazole rings is 1. The van der Waals surface area contributed by atoms with E-state index in [1.807, 2.05) is 29.8 Å². The van der Waals surface area contributed by atoms with Gasteiger partial charge in [0.15, 0.2) is 17.3 Å². The minimum absolute atomic E-state index is 0.104. The van der Waals surface area contributed by atoms with Crippen LogP contribution in [0.4, 0.5) is 0 Å². The standard InChI is InChI=1S/C29H35N7O3/c1-18-6-7-19(2)25-21(18)15-22(28(37)30-25)26(27-31-32-33-36(27)29(3,4)5)35-12-10-34(11-13-35)16-20-8-9-23-24(14-20)39-17-38-23/h6-9,14-15,26H,10-13,16-17H2,1-5H3,(H,30,37)/t26-/m1/s1. The average molecular weight is 530 g/mol. The maximum atomic E-state index is 13.6. The van der Waals surface area contributed by atoms with E-state index in [1.54, 1.807) is 0 Å². The second-order valence-corrected chi connectivity index (χ2v) is 11.6. The van der Waals surface area contributed by atoms with Gasteiger partial charge in [-0.25, -0.2) is 4.68 Å². The molecular weight excluding hydrogens is 494 g/mol. The van der Waals surface area contributed by atoms with Gasteiger partial charge in [0.2, 0.25) is 6.79 Å². The number of nitrogens with zero attached hydrogens (tertiary/aromatic N) is 6. The molecule has 0 bridgehead atoms. The highest BCUT2D eigenvalue weighted by atomic mass is 16.7. The molecule has 10 heteroatoms. The first kappa shape index (κ1) is 25.5. The molecule has 2 aliphatic heterocycles. The molecule has 0 spiro atoms. The Morgan fingerprint density at radius 3 is 2.49 bits per heavy atom. The van der Waals surface area contributed by atoms with Crippen molar-refractivity contribution in [3.63, 3.8) is 0 Å². The van der Waals surface area contributed by atoms with E-state index in [0.29, 0.717) is 11.4 Å². The number of benzene rings is 2. The van der Waals surface area contributed by atoms with Crippen LogP contribution in [0.5, 0.6) is 11.5 Å². The molecule has 6 rings (SSSR count). The molecule has 2 aliphatic rings. The number of aryl methyl sites for hydroxylation is 2. The van der Waals surface area contributed by atoms with Crippen LogP contribution in [0.2, 0.25) is 0 Å². The van der Waals surface area contributed by atoms with Crippen LogP contribution in [0.1, 0.15) is 54.9 Å². The Morgan fingerprint density at radius 2 is 1.72 bits per heavy atom. The molecule has 2 aromatic heterocycles. The number of nitrogens with one attached hydrogen (secondary N) is 1. The van der Waals surface area contributed by atoms with Crippen molar-refractivity contribution in [3.8, 4) is 11.5 Å². The van der Waals surface area contributed by atoms with E-state index in [4.69, 9.17) is 9.47 Å². The van der Waals surface area contributed by atoms with Gasteiger partial charge in [0.1, 0.15) is 6.04 Å². The molecule has 4 heterocycles. The summed E-state index contributed by atoms with van der Waals surface area (Å²) in [6.07, 6.45) is 0. The van der Waals surface area contributed by atoms with Gasteiger partial charge in [-0.3, -0.25) is 14.6 Å². The van der Waals surface area contributed by atoms with Gasteiger partial charge in [0.25, 0.3) is 5.56 Å². The smallest absolute Gasteiger partial charge is 0.253 e. The summed E-state index contributed by atoms with van der Waals surface area (Å²) in [5, 5.41) is 13.9. The molecule has 0 amide bonds. The van der Waals surface area contributed by atoms with E-state index >= 15 is 0 Å². The Labute approximate surface area is 227 Å². The van der Waals surface area contributed by atoms with E-state index in [1.165, 1.54) is 5.56 Å². The molecule has 0 aliphatic carbocycles. The van der Waals surface area contributed by atoms with Crippen LogP contribution in [0.3, 0.4) is 0 Å². The Kier molecular flexibility index (Phi) is 6.39. The Morgan fingerprint density at radius 1 is 0.974 bits per heavy atom. The van der Waals surface area contributed by atoms with Crippen molar-refractivity contribution < 1.29 is 9.47 Å². The lowest BCUT2D eigenvalue weighted by atomic mass is 9.98. The Hall–Kier alpha value is -3.76. The number of aromatic nitrogens is 5. The van der Waals surface area contributed by atoms with Crippen LogP contribution in [0, 0.1) is 13.8 Å². The molecule has 4 aromatic rings. The van der Waals surface area contributed by atoms with Gasteiger partial charge in [-0.1, -0.05) is 18.2 Å². The van der Waals surface area contributed by atoms with Gasteiger partial charge < -0.3 is 14.5 Å². The quantitative estimate of drug-likeness (QED) is 0.419. The van der Waals surface area contributed by atoms with Gasteiger partial charge in [-0.05, 0) is 79.9 Å². The second kappa shape index (κ2) is 9.77. The second-order valence-electron chi connectivity index (χ2n) is 11.6. The number of pyridine rings is 1. The third-order valence-electron chi connectivity index (χ3n) is 7.76. The number of piperazine rings is 1. The van der Waals surface area contributed by atoms with Crippen LogP contribution >= 0.6 is 0 Å². The zero-order chi connectivity index (χ0) is 27.3. The summed E-state index contributed by atoms with van der Waals surface area (Å²) in [5.41, 5.74) is 4.47. The number of fused-ring (bicyclic) bond motifs is 2. The number of aromatic amines is 1. The maximum Gasteiger partial charge on any atom is 0.253 e. The fourth-order valence-electron chi connectivity index (χ4n) is 5.61. The Balaban J connectivity index is 1.33. The molecule has 204 valence electrons. The number of H-pyrrole nitrogens is 1. The van der Waals surface area contributed by atoms with Crippen molar-refractivity contribution in [2.75, 3.05) is 33.0 Å². The van der Waals surface area contributed by atoms with Gasteiger partial charge in [0.05, 0.1) is 11.1 Å². The van der Waals surface area contributed by atoms with Crippen molar-refractivity contribution in [2.45, 2.75) is 52.7 Å². The summed E-state index contributed by atoms with van der Waals surface area (Å²) in [4.78, 5) is 21.6. The summed E-state index contributed by atoms with van der Waals surface area (Å²) in [5.74, 6) is 2.29. The lowest BCUT2D eigenvalue weighted by molar-refractivity contribution is 0.0975. The van der Waals surface area contributed by atoms with Crippen LogP contribution in [0.25, 0.3) is 10.9 Å². The maximum absolute atomic E-state index is 13.6. The van der Waals surface area contributed by atoms with Crippen LogP contribution in [-0.2, 0) is 12.1 Å². The van der Waals surface area contributed by atoms with Gasteiger partial charge >= 0.3 is 0 Å². The van der Waals surface area contributed by atoms with Gasteiger partial charge in [-0.15, -0.1) is 5.10 Å². The average Bonchev–Trinajstić information content (AvgIpc) is 3.58. The van der Waals surface area contributed by atoms with E-state index in [0.717, 1.165) is 66.3 Å². The summed E-state index contributed by atoms with van der Waals surface area (Å²) in [6, 6.07) is 12.0. The highest BCUT2D eigenvalue weighted by Gasteiger charge is 2.35. The highest BCUT2D eigenvalue weighted by molar-refractivity contribution is 5.85. The van der Waals surface area contributed by atoms with Gasteiger partial charge in [-0.2, -0.15) is 0 Å². The molecular formula is C29H35N7O3. The SMILES string of the molecule is Cc1ccc(C)c2[nH]c(=O)c([C@H](c3nnnn3C(C)(C)C)N3CCN(Cc4ccc5c(c4)OCO5)CC3)cc12. The van der Waals surface area contributed by atoms with Crippen molar-refractivity contribution in [1.82, 2.24) is 35.0 Å². The third kappa shape index (κ3) is 4.79. The lowest BCUT2D eigenvalue weighted by Gasteiger charge is -2.39. The first-order valence-electron chi connectivity index (χ1n) is 13.5. The van der Waals surface area contributed by atoms with E-state index in [9.17, 15) is 4.79 Å². The molecule has 2 aromatic carbocycles. The molecule has 1 saturated heterocycles. The van der Waals surface area contributed by atoms with Crippen LogP contribution in [0.15, 0.2) is 41.2 Å². The number of rotatable bonds is 5. The first-order chi connectivity index (χ1) is 18.7. The first-order valence-corrected chi connectivity index (χ1v) is 13.5. The largest absolute Gasteiger partial charge is 0.454 e. The normalized spacial score (nSPS) is 17.2. The fourth-order valence-corrected chi connectivity index (χ4v) is 5.61. The minimum atomic E-state index is -0.375. The summed E-state index contributed by atoms with van der Waals surface area (Å²) in [7, 11) is 0. The predicted octanol–water partition coefficient (Wildman–Crippen LogP) is 3.52. The van der Waals surface area contributed by atoms with Crippen LogP contribution < -0.4 is 15.0 Å². The predicted molar refractivity (Wildman–Crippen MR) is 148 cm³/mol. The minimum Gasteiger partial charge on any atom is -0.454 e. The number of hydrogen-bond acceptors (Lipinski definition) is 8. The molecule has 39 heavy (non-hydrogen) atoms. The van der Waals surface area contributed by atoms with Crippen molar-refractivity contribution >= 4 is 10.9 Å². The van der Waals surface area contributed by atoms with E-state index in [2.05, 4.69) is 76.2 Å². The third-order valence-corrected chi connectivity index (χ3v) is 7.76. The highest BCUT2D eigenvalue weighted by Crippen LogP contribution is 2.34. The van der Waals surface area contributed by atoms with Crippen molar-refractivity contribution in [2.24, 2.45) is 0 Å². The van der Waals surface area contributed by atoms with Crippen LogP contribution in [-0.4, -0.2) is 68.0 Å². The monoisotopic (exact) mass is 529 g/mol. The van der Waals surface area contributed by atoms with Crippen molar-refractivity contribution in [3.05, 3.63) is 74.8 Å². The number of hydrogen-bond donors (Lipinski definition) is 1. The number of ether oxygens (including phenoxy) is 2. The molecule has 10 nitrogen and oxygen atoms in total. The molecule has 1 fully saturated rings. The molecule has 0 radical (unpaired) electrons. The van der Waals surface area contributed by atoms with E-state index in [-0.39, 0.29) is 23.9 Å². The summed E-state index contributed by atoms with van der Waals surface area (Å²) in [6.45, 7) is 14.7. The molecule has 1 atom stereocenters. The van der Waals surface area contributed by atoms with E-state index < -0.39 is 0 Å². The Bertz CT molecular complexity index is 1580. The van der Waals surface area contributed by atoms with Crippen molar-refractivity contribution in [1.29, 1.82) is 0 Å². The summed E-state index contributed by atoms with van der Waals surface area (Å²) < 4.78 is 12.9. The fraction of sp³-hybridized carbons (Fsp3) is 0.448. The molecule has 0 unspecified atom stereocenters. The molecule has 1 N–H and O–H groups in total. The lowest BCUT2D eigenvalue weighted by Crippen LogP contribution is -2.49. The zero-order valence-electron chi connectivity index (χ0n) is 23.2. The topological polar surface area (TPSA) is 101 Å². The summed E-state index contributed by atoms with van der Waals surface area (Å²) >= 11 is 0. The zero-order valence-corrected chi connectivity index (χ0v) is 23.2. The van der Waals surface area contributed by atoms with Gasteiger partial charge in [0, 0.05) is 43.7 Å².